The quantitative estimate of drug-likeness (QED) is 0.0159. The Balaban J connectivity index is 0.000000233. The Kier molecular flexibility index (Phi) is 48.2. The van der Waals surface area contributed by atoms with E-state index in [0.29, 0.717) is 27.3 Å². The van der Waals surface area contributed by atoms with Crippen LogP contribution in [-0.4, -0.2) is 77.7 Å². The Hall–Kier alpha value is -13.2. The third kappa shape index (κ3) is 37.3. The second kappa shape index (κ2) is 59.1. The average molecular weight is 2190 g/mol. The first-order valence-electron chi connectivity index (χ1n) is 44.6. The third-order valence-electron chi connectivity index (χ3n) is 21.9. The molecule has 18 nitrogen and oxygen atoms in total. The maximum Gasteiger partial charge on any atom is 0.267 e. The zero-order chi connectivity index (χ0) is 105. The highest BCUT2D eigenvalue weighted by Crippen LogP contribution is 2.39. The SMILES string of the molecule is CNC(=O)Cc1cccc(Br)c1COc1ccc(C)cc1C(F)F.CNC(=O)Cc1cccc(C)c1COc1ccc(C)cc1C(F)F.CNC(=O)Cc1cccc(Cl)c1COc1ccc(C)cc1C(F)F.CNC(=O)Cc1cccc(F)c1COc1ccc(C)cc1C(F)F.CNC(=O)Cc1cccc(I)c1COc1ccc(C)cc1C(F)F.CNC(=O)Cc1ccccc1COc1ccc(C)cc1C(F)F. The number of amides is 6. The van der Waals surface area contributed by atoms with Gasteiger partial charge in [0.2, 0.25) is 35.4 Å². The lowest BCUT2D eigenvalue weighted by molar-refractivity contribution is -0.120. The van der Waals surface area contributed by atoms with Gasteiger partial charge in [0.05, 0.1) is 71.9 Å². The van der Waals surface area contributed by atoms with E-state index in [1.54, 1.807) is 162 Å². The van der Waals surface area contributed by atoms with Gasteiger partial charge in [0.25, 0.3) is 38.6 Å². The molecular formula is C109H112BrClF13IN6O12. The van der Waals surface area contributed by atoms with Gasteiger partial charge in [-0.3, -0.25) is 28.8 Å². The summed E-state index contributed by atoms with van der Waals surface area (Å²) in [5, 5.41) is 15.7. The van der Waals surface area contributed by atoms with Crippen LogP contribution in [0.4, 0.5) is 57.1 Å². The molecule has 34 heteroatoms. The van der Waals surface area contributed by atoms with Gasteiger partial charge in [-0.2, -0.15) is 0 Å². The van der Waals surface area contributed by atoms with Gasteiger partial charge < -0.3 is 60.3 Å². The lowest BCUT2D eigenvalue weighted by Gasteiger charge is -2.16. The van der Waals surface area contributed by atoms with Crippen LogP contribution >= 0.6 is 50.1 Å². The van der Waals surface area contributed by atoms with Crippen molar-refractivity contribution in [1.82, 2.24) is 31.9 Å². The molecule has 12 aromatic carbocycles. The molecule has 0 atom stereocenters. The predicted octanol–water partition coefficient (Wildman–Crippen LogP) is 25.3. The summed E-state index contributed by atoms with van der Waals surface area (Å²) in [6.45, 7) is 12.7. The van der Waals surface area contributed by atoms with E-state index in [-0.39, 0.29) is 187 Å². The van der Waals surface area contributed by atoms with Crippen LogP contribution in [-0.2, 0) is 107 Å². The first-order chi connectivity index (χ1) is 68.1. The number of rotatable bonds is 36. The predicted molar refractivity (Wildman–Crippen MR) is 538 cm³/mol. The second-order valence-electron chi connectivity index (χ2n) is 32.4. The molecule has 0 saturated carbocycles. The van der Waals surface area contributed by atoms with E-state index in [1.807, 2.05) is 85.8 Å². The van der Waals surface area contributed by atoms with Crippen LogP contribution in [0.25, 0.3) is 0 Å². The van der Waals surface area contributed by atoms with Gasteiger partial charge in [-0.05, 0) is 218 Å². The summed E-state index contributed by atoms with van der Waals surface area (Å²) in [7, 11) is 9.33. The van der Waals surface area contributed by atoms with Crippen molar-refractivity contribution in [2.24, 2.45) is 0 Å². The zero-order valence-electron chi connectivity index (χ0n) is 80.8. The van der Waals surface area contributed by atoms with Crippen molar-refractivity contribution < 1.29 is 114 Å². The monoisotopic (exact) mass is 2180 g/mol. The van der Waals surface area contributed by atoms with Crippen molar-refractivity contribution in [3.05, 3.63) is 382 Å². The molecule has 12 aromatic rings. The number of carbonyl (C=O) groups is 6. The normalized spacial score (nSPS) is 10.7. The smallest absolute Gasteiger partial charge is 0.267 e. The highest BCUT2D eigenvalue weighted by Gasteiger charge is 2.25. The van der Waals surface area contributed by atoms with E-state index in [2.05, 4.69) is 70.4 Å². The van der Waals surface area contributed by atoms with Gasteiger partial charge in [-0.25, -0.2) is 57.1 Å². The minimum Gasteiger partial charge on any atom is -0.488 e. The van der Waals surface area contributed by atoms with Crippen LogP contribution in [0.1, 0.15) is 178 Å². The fraction of sp³-hybridized carbons (Fsp3) is 0.284. The Morgan fingerprint density at radius 2 is 0.517 bits per heavy atom. The number of benzene rings is 12. The van der Waals surface area contributed by atoms with E-state index < -0.39 is 44.4 Å². The number of hydrogen-bond donors (Lipinski definition) is 6. The molecule has 0 saturated heterocycles. The topological polar surface area (TPSA) is 230 Å². The molecule has 0 aliphatic heterocycles. The maximum absolute atomic E-state index is 14.1. The van der Waals surface area contributed by atoms with Crippen LogP contribution < -0.4 is 60.3 Å². The molecule has 0 fully saturated rings. The molecular weight excluding hydrogens is 2070 g/mol. The highest BCUT2D eigenvalue weighted by atomic mass is 127. The van der Waals surface area contributed by atoms with Gasteiger partial charge in [0.1, 0.15) is 80.0 Å². The van der Waals surface area contributed by atoms with Crippen molar-refractivity contribution >= 4 is 85.6 Å². The first-order valence-corrected chi connectivity index (χ1v) is 46.9. The van der Waals surface area contributed by atoms with Crippen molar-refractivity contribution in [3.63, 3.8) is 0 Å². The fourth-order valence-corrected chi connectivity index (χ4v) is 15.5. The maximum atomic E-state index is 14.1. The van der Waals surface area contributed by atoms with Crippen molar-refractivity contribution in [2.75, 3.05) is 42.3 Å². The van der Waals surface area contributed by atoms with E-state index in [9.17, 15) is 85.8 Å². The van der Waals surface area contributed by atoms with Crippen LogP contribution in [0, 0.1) is 57.9 Å². The molecule has 12 rings (SSSR count). The van der Waals surface area contributed by atoms with Crippen LogP contribution in [0.2, 0.25) is 5.02 Å². The molecule has 0 unspecified atom stereocenters. The molecule has 0 spiro atoms. The number of halogens is 16. The number of hydrogen-bond acceptors (Lipinski definition) is 12. The van der Waals surface area contributed by atoms with Gasteiger partial charge in [-0.1, -0.05) is 188 Å². The van der Waals surface area contributed by atoms with Crippen LogP contribution in [0.3, 0.4) is 0 Å². The van der Waals surface area contributed by atoms with Gasteiger partial charge >= 0.3 is 0 Å². The third-order valence-corrected chi connectivity index (χ3v) is 24.0. The zero-order valence-corrected chi connectivity index (χ0v) is 85.3. The summed E-state index contributed by atoms with van der Waals surface area (Å²) >= 11 is 11.8. The molecule has 6 amide bonds. The van der Waals surface area contributed by atoms with Gasteiger partial charge in [-0.15, -0.1) is 0 Å². The standard InChI is InChI=1S/C19H21F2NO2.C18H18BrF2NO2.C18H18ClF2NO2.C18H18F3NO2.C18H18F2INO2.C18H19F2NO2/c1-12-7-8-17(15(9-12)19(20)21)24-11-16-13(2)5-4-6-14(16)10-18(23)22-3;3*1-11-6-7-16(13(8-11)18(20)21)24-10-14-12(9-17(23)22-2)4-3-5-15(14)19;1-11-6-7-16(13(8-11)18(19)20)24-10-14-12(9-17(23)22-2)4-3-5-15(14)21;1-12-7-8-16(15(9-12)18(19)20)23-11-14-6-4-3-5-13(14)10-17(22)21-2/h4-9,19H,10-11H2,1-3H3,(H,22,23);4*3-8,18H,9-10H2,1-2H3,(H,22,23);3-9,18H,10-11H2,1-2H3,(H,21,22). The van der Waals surface area contributed by atoms with Gasteiger partial charge in [0, 0.05) is 77.6 Å². The van der Waals surface area contributed by atoms with Crippen molar-refractivity contribution in [1.29, 1.82) is 0 Å². The number of ether oxygens (including phenoxy) is 6. The first kappa shape index (κ1) is 117. The number of nitrogens with one attached hydrogen (secondary N) is 6. The molecule has 0 aliphatic rings. The average Bonchev–Trinajstić information content (AvgIpc) is 0.833. The summed E-state index contributed by atoms with van der Waals surface area (Å²) in [6, 6.07) is 61.5. The Morgan fingerprint density at radius 3 is 0.853 bits per heavy atom. The molecule has 143 heavy (non-hydrogen) atoms. The number of alkyl halides is 12. The lowest BCUT2D eigenvalue weighted by atomic mass is 10.00. The summed E-state index contributed by atoms with van der Waals surface area (Å²) < 4.78 is 207. The van der Waals surface area contributed by atoms with E-state index >= 15 is 0 Å². The Morgan fingerprint density at radius 1 is 0.280 bits per heavy atom. The summed E-state index contributed by atoms with van der Waals surface area (Å²) in [6.07, 6.45) is -14.7. The Bertz CT molecular complexity index is 5560. The van der Waals surface area contributed by atoms with E-state index in [1.165, 1.54) is 67.7 Å². The number of carbonyl (C=O) groups excluding carboxylic acids is 6. The highest BCUT2D eigenvalue weighted by molar-refractivity contribution is 14.1. The van der Waals surface area contributed by atoms with Crippen molar-refractivity contribution in [3.8, 4) is 34.5 Å². The largest absolute Gasteiger partial charge is 0.488 e. The molecule has 0 aliphatic carbocycles. The summed E-state index contributed by atoms with van der Waals surface area (Å²) in [4.78, 5) is 69.6. The molecule has 0 aromatic heterocycles. The van der Waals surface area contributed by atoms with Crippen molar-refractivity contribution in [2.45, 2.75) is 165 Å². The van der Waals surface area contributed by atoms with Crippen LogP contribution in [0.15, 0.2) is 229 Å². The van der Waals surface area contributed by atoms with Gasteiger partial charge in [0.15, 0.2) is 0 Å². The number of likely N-dealkylation sites (N-methyl/N-ethyl adjacent to an activating group) is 6. The fourth-order valence-electron chi connectivity index (χ4n) is 14.0. The minimum absolute atomic E-state index is 0.00439. The Labute approximate surface area is 850 Å². The molecule has 0 radical (unpaired) electrons. The summed E-state index contributed by atoms with van der Waals surface area (Å²) in [5.41, 5.74) is 13.0. The summed E-state index contributed by atoms with van der Waals surface area (Å²) in [5.74, 6) is -0.657. The lowest BCUT2D eigenvalue weighted by Crippen LogP contribution is -2.21. The van der Waals surface area contributed by atoms with E-state index in [0.717, 1.165) is 85.9 Å². The number of aryl methyl sites for hydroxylation is 7. The van der Waals surface area contributed by atoms with Crippen LogP contribution in [0.5, 0.6) is 34.5 Å². The molecule has 6 N–H and O–H groups in total. The molecule has 762 valence electrons. The molecule has 0 bridgehead atoms. The minimum atomic E-state index is -2.69. The van der Waals surface area contributed by atoms with E-state index in [4.69, 9.17) is 40.0 Å². The second-order valence-corrected chi connectivity index (χ2v) is 34.8. The molecule has 0 heterocycles.